The van der Waals surface area contributed by atoms with Gasteiger partial charge in [-0.25, -0.2) is 8.78 Å². The Balaban J connectivity index is 1.67. The summed E-state index contributed by atoms with van der Waals surface area (Å²) < 4.78 is 36.1. The Kier molecular flexibility index (Phi) is 10.2. The Hall–Kier alpha value is -2.42. The van der Waals surface area contributed by atoms with Crippen molar-refractivity contribution in [2.75, 3.05) is 6.61 Å². The average Bonchev–Trinajstić information content (AvgIpc) is 2.82. The van der Waals surface area contributed by atoms with Gasteiger partial charge < -0.3 is 4.74 Å². The molecule has 0 atom stereocenters. The topological polar surface area (TPSA) is 9.23 Å². The Labute approximate surface area is 198 Å². The van der Waals surface area contributed by atoms with Crippen LogP contribution in [0.25, 0.3) is 21.9 Å². The smallest absolute Gasteiger partial charge is 0.141 e. The van der Waals surface area contributed by atoms with Gasteiger partial charge >= 0.3 is 0 Å². The van der Waals surface area contributed by atoms with E-state index >= 15 is 4.39 Å². The van der Waals surface area contributed by atoms with E-state index in [0.29, 0.717) is 22.9 Å². The third-order valence-electron chi connectivity index (χ3n) is 6.32. The highest BCUT2D eigenvalue weighted by molar-refractivity contribution is 5.89. The fourth-order valence-corrected chi connectivity index (χ4v) is 4.35. The molecule has 0 fully saturated rings. The van der Waals surface area contributed by atoms with E-state index < -0.39 is 11.6 Å². The molecule has 0 saturated heterocycles. The van der Waals surface area contributed by atoms with Crippen molar-refractivity contribution < 1.29 is 13.5 Å². The number of rotatable bonds is 14. The molecule has 3 heteroatoms. The second kappa shape index (κ2) is 13.3. The number of aryl methyl sites for hydroxylation is 1. The van der Waals surface area contributed by atoms with Gasteiger partial charge in [0.2, 0.25) is 0 Å². The van der Waals surface area contributed by atoms with Gasteiger partial charge in [0.05, 0.1) is 12.2 Å². The summed E-state index contributed by atoms with van der Waals surface area (Å²) in [6, 6.07) is 14.2. The molecule has 0 heterocycles. The molecule has 3 rings (SSSR count). The fraction of sp³-hybridized carbons (Fsp3) is 0.467. The zero-order chi connectivity index (χ0) is 23.5. The van der Waals surface area contributed by atoms with Gasteiger partial charge in [-0.05, 0) is 54.0 Å². The van der Waals surface area contributed by atoms with Crippen molar-refractivity contribution in [3.05, 3.63) is 65.7 Å². The Morgan fingerprint density at radius 1 is 0.697 bits per heavy atom. The third-order valence-corrected chi connectivity index (χ3v) is 6.32. The Bertz CT molecular complexity index is 994. The summed E-state index contributed by atoms with van der Waals surface area (Å²) in [5.74, 6) is -0.287. The lowest BCUT2D eigenvalue weighted by Crippen LogP contribution is -1.97. The van der Waals surface area contributed by atoms with Crippen molar-refractivity contribution in [3.63, 3.8) is 0 Å². The number of ether oxygens (including phenoxy) is 1. The maximum Gasteiger partial charge on any atom is 0.141 e. The van der Waals surface area contributed by atoms with E-state index in [4.69, 9.17) is 4.74 Å². The predicted molar refractivity (Wildman–Crippen MR) is 136 cm³/mol. The van der Waals surface area contributed by atoms with Gasteiger partial charge in [0.15, 0.2) is 0 Å². The predicted octanol–water partition coefficient (Wildman–Crippen LogP) is 9.65. The third kappa shape index (κ3) is 7.28. The van der Waals surface area contributed by atoms with Gasteiger partial charge in [0, 0.05) is 5.39 Å². The fourth-order valence-electron chi connectivity index (χ4n) is 4.35. The molecule has 33 heavy (non-hydrogen) atoms. The van der Waals surface area contributed by atoms with Crippen LogP contribution in [0.4, 0.5) is 8.78 Å². The van der Waals surface area contributed by atoms with Crippen LogP contribution in [0.2, 0.25) is 0 Å². The first-order valence-electron chi connectivity index (χ1n) is 12.8. The molecule has 3 aromatic rings. The summed E-state index contributed by atoms with van der Waals surface area (Å²) in [5.41, 5.74) is 1.70. The molecule has 0 unspecified atom stereocenters. The van der Waals surface area contributed by atoms with Gasteiger partial charge in [0.25, 0.3) is 0 Å². The van der Waals surface area contributed by atoms with E-state index in [9.17, 15) is 4.39 Å². The minimum atomic E-state index is -0.523. The monoisotopic (exact) mass is 452 g/mol. The van der Waals surface area contributed by atoms with E-state index in [1.165, 1.54) is 51.0 Å². The SMILES string of the molecule is CCCCCCCCc1ccc2c(F)c(-c3ccc(OCCCCCC)cc3)c(F)cc2c1. The minimum absolute atomic E-state index is 0.0284. The average molecular weight is 453 g/mol. The molecule has 0 aliphatic rings. The van der Waals surface area contributed by atoms with Crippen LogP contribution in [0.15, 0.2) is 48.5 Å². The van der Waals surface area contributed by atoms with Crippen LogP contribution in [0.3, 0.4) is 0 Å². The highest BCUT2D eigenvalue weighted by Gasteiger charge is 2.16. The van der Waals surface area contributed by atoms with Crippen LogP contribution in [0.1, 0.15) is 83.6 Å². The lowest BCUT2D eigenvalue weighted by Gasteiger charge is -2.12. The van der Waals surface area contributed by atoms with Crippen molar-refractivity contribution in [2.24, 2.45) is 0 Å². The summed E-state index contributed by atoms with van der Waals surface area (Å²) in [7, 11) is 0. The van der Waals surface area contributed by atoms with Crippen molar-refractivity contribution in [2.45, 2.75) is 84.5 Å². The van der Waals surface area contributed by atoms with Crippen molar-refractivity contribution >= 4 is 10.8 Å². The molecule has 0 aliphatic heterocycles. The van der Waals surface area contributed by atoms with Gasteiger partial charge in [-0.15, -0.1) is 0 Å². The van der Waals surface area contributed by atoms with Gasteiger partial charge in [-0.3, -0.25) is 0 Å². The number of halogens is 2. The Morgan fingerprint density at radius 3 is 2.09 bits per heavy atom. The molecule has 0 bridgehead atoms. The van der Waals surface area contributed by atoms with Crippen molar-refractivity contribution in [1.82, 2.24) is 0 Å². The summed E-state index contributed by atoms with van der Waals surface area (Å²) in [4.78, 5) is 0. The van der Waals surface area contributed by atoms with Crippen LogP contribution in [-0.4, -0.2) is 6.61 Å². The van der Waals surface area contributed by atoms with Gasteiger partial charge in [-0.1, -0.05) is 95.5 Å². The lowest BCUT2D eigenvalue weighted by atomic mass is 9.97. The summed E-state index contributed by atoms with van der Waals surface area (Å²) >= 11 is 0. The molecule has 0 aliphatic carbocycles. The molecular formula is C30H38F2O. The molecule has 1 nitrogen and oxygen atoms in total. The van der Waals surface area contributed by atoms with Crippen molar-refractivity contribution in [3.8, 4) is 16.9 Å². The van der Waals surface area contributed by atoms with E-state index in [0.717, 1.165) is 37.0 Å². The number of hydrogen-bond donors (Lipinski definition) is 0. The summed E-state index contributed by atoms with van der Waals surface area (Å²) in [6.07, 6.45) is 13.0. The summed E-state index contributed by atoms with van der Waals surface area (Å²) in [6.45, 7) is 5.07. The molecule has 0 spiro atoms. The zero-order valence-electron chi connectivity index (χ0n) is 20.3. The molecule has 0 radical (unpaired) electrons. The number of fused-ring (bicyclic) bond motifs is 1. The minimum Gasteiger partial charge on any atom is -0.494 e. The second-order valence-electron chi connectivity index (χ2n) is 9.05. The van der Waals surface area contributed by atoms with Crippen LogP contribution >= 0.6 is 0 Å². The largest absolute Gasteiger partial charge is 0.494 e. The lowest BCUT2D eigenvalue weighted by molar-refractivity contribution is 0.305. The number of hydrogen-bond acceptors (Lipinski definition) is 1. The van der Waals surface area contributed by atoms with E-state index in [-0.39, 0.29) is 5.56 Å². The van der Waals surface area contributed by atoms with E-state index in [1.54, 1.807) is 30.3 Å². The van der Waals surface area contributed by atoms with Crippen LogP contribution in [0.5, 0.6) is 5.75 Å². The maximum absolute atomic E-state index is 15.3. The van der Waals surface area contributed by atoms with Gasteiger partial charge in [0.1, 0.15) is 17.4 Å². The molecule has 0 saturated carbocycles. The Morgan fingerprint density at radius 2 is 1.36 bits per heavy atom. The highest BCUT2D eigenvalue weighted by atomic mass is 19.1. The van der Waals surface area contributed by atoms with Crippen LogP contribution in [0, 0.1) is 11.6 Å². The quantitative estimate of drug-likeness (QED) is 0.221. The van der Waals surface area contributed by atoms with Crippen LogP contribution in [-0.2, 0) is 6.42 Å². The van der Waals surface area contributed by atoms with E-state index in [1.807, 2.05) is 12.1 Å². The molecule has 3 aromatic carbocycles. The molecule has 0 amide bonds. The van der Waals surface area contributed by atoms with E-state index in [2.05, 4.69) is 13.8 Å². The first kappa shape index (κ1) is 25.2. The summed E-state index contributed by atoms with van der Waals surface area (Å²) in [5, 5.41) is 1.10. The number of unbranched alkanes of at least 4 members (excludes halogenated alkanes) is 8. The van der Waals surface area contributed by atoms with Crippen LogP contribution < -0.4 is 4.74 Å². The normalized spacial score (nSPS) is 11.3. The molecule has 0 aromatic heterocycles. The van der Waals surface area contributed by atoms with Gasteiger partial charge in [-0.2, -0.15) is 0 Å². The molecule has 0 N–H and O–H groups in total. The zero-order valence-corrected chi connectivity index (χ0v) is 20.3. The molecular weight excluding hydrogens is 414 g/mol. The number of benzene rings is 3. The highest BCUT2D eigenvalue weighted by Crippen LogP contribution is 2.33. The van der Waals surface area contributed by atoms with Crippen molar-refractivity contribution in [1.29, 1.82) is 0 Å². The second-order valence-corrected chi connectivity index (χ2v) is 9.05. The molecule has 178 valence electrons. The maximum atomic E-state index is 15.3. The standard InChI is InChI=1S/C30H38F2O/c1-3-5-7-9-10-11-13-23-14-19-27-25(21-23)22-28(31)29(30(27)32)24-15-17-26(18-16-24)33-20-12-8-6-4-2/h14-19,21-22H,3-13,20H2,1-2H3. The first-order valence-corrected chi connectivity index (χ1v) is 12.8. The first-order chi connectivity index (χ1) is 16.1.